The number of hydrogen-bond donors (Lipinski definition) is 0. The molecular formula is C118H124O20. The molecule has 14 aromatic rings. The Kier molecular flexibility index (Phi) is 51.7. The van der Waals surface area contributed by atoms with E-state index in [-0.39, 0.29) is 81.0 Å². The summed E-state index contributed by atoms with van der Waals surface area (Å²) in [5.74, 6) is 5.38. The fourth-order valence-corrected chi connectivity index (χ4v) is 12.1. The Morgan fingerprint density at radius 3 is 0.645 bits per heavy atom. The van der Waals surface area contributed by atoms with Crippen molar-refractivity contribution in [2.24, 2.45) is 0 Å². The number of carbonyl (C=O) groups excluding carboxylic acids is 14. The topological polar surface area (TPSA) is 294 Å². The molecule has 0 aliphatic carbocycles. The number of benzene rings is 14. The first-order chi connectivity index (χ1) is 65.8. The highest BCUT2D eigenvalue weighted by atomic mass is 16.5. The second-order valence-corrected chi connectivity index (χ2v) is 30.0. The van der Waals surface area contributed by atoms with Crippen LogP contribution in [0.15, 0.2) is 315 Å². The minimum atomic E-state index is -0.0156. The second-order valence-electron chi connectivity index (χ2n) is 30.0. The summed E-state index contributed by atoms with van der Waals surface area (Å²) < 4.78 is 30.3. The van der Waals surface area contributed by atoms with E-state index in [1.807, 2.05) is 204 Å². The van der Waals surface area contributed by atoms with Gasteiger partial charge in [-0.2, -0.15) is 0 Å². The normalized spacial score (nSPS) is 9.57. The van der Waals surface area contributed by atoms with Crippen molar-refractivity contribution in [3.05, 3.63) is 393 Å². The van der Waals surface area contributed by atoms with E-state index >= 15 is 0 Å². The molecule has 0 saturated heterocycles. The summed E-state index contributed by atoms with van der Waals surface area (Å²) in [4.78, 5) is 154. The quantitative estimate of drug-likeness (QED) is 0.0569. The van der Waals surface area contributed by atoms with Crippen LogP contribution in [0.4, 0.5) is 0 Å². The number of ether oxygens (including phenoxy) is 6. The Morgan fingerprint density at radius 2 is 0.362 bits per heavy atom. The van der Waals surface area contributed by atoms with E-state index in [9.17, 15) is 67.1 Å². The zero-order valence-electron chi connectivity index (χ0n) is 83.2. The van der Waals surface area contributed by atoms with E-state index in [0.29, 0.717) is 61.2 Å². The largest absolute Gasteiger partial charge is 0.497 e. The lowest BCUT2D eigenvalue weighted by Crippen LogP contribution is -1.96. The maximum Gasteiger partial charge on any atom is 0.160 e. The lowest BCUT2D eigenvalue weighted by Gasteiger charge is -2.07. The fourth-order valence-electron chi connectivity index (χ4n) is 12.1. The van der Waals surface area contributed by atoms with Crippen LogP contribution in [0.2, 0.25) is 0 Å². The Hall–Kier alpha value is -16.2. The van der Waals surface area contributed by atoms with Crippen molar-refractivity contribution in [3.8, 4) is 56.8 Å². The van der Waals surface area contributed by atoms with Gasteiger partial charge in [-0.1, -0.05) is 240 Å². The average molecular weight is 1860 g/mol. The summed E-state index contributed by atoms with van der Waals surface area (Å²) >= 11 is 0. The van der Waals surface area contributed by atoms with Gasteiger partial charge in [-0.3, -0.25) is 67.1 Å². The Labute approximate surface area is 810 Å². The third kappa shape index (κ3) is 39.9. The van der Waals surface area contributed by atoms with Crippen LogP contribution in [0.5, 0.6) is 34.5 Å². The molecule has 0 bridgehead atoms. The van der Waals surface area contributed by atoms with Crippen LogP contribution in [0.1, 0.15) is 270 Å². The zero-order valence-corrected chi connectivity index (χ0v) is 83.2. The number of fused-ring (bicyclic) bond motifs is 2. The summed E-state index contributed by atoms with van der Waals surface area (Å²) in [6.07, 6.45) is 0. The Balaban J connectivity index is 0.000000395. The molecule has 0 aromatic heterocycles. The molecule has 0 radical (unpaired) electrons. The molecule has 138 heavy (non-hydrogen) atoms. The van der Waals surface area contributed by atoms with Crippen molar-refractivity contribution in [3.63, 3.8) is 0 Å². The van der Waals surface area contributed by atoms with Gasteiger partial charge in [0.15, 0.2) is 81.0 Å². The molecule has 0 spiro atoms. The van der Waals surface area contributed by atoms with Crippen molar-refractivity contribution in [2.45, 2.75) is 125 Å². The smallest absolute Gasteiger partial charge is 0.160 e. The minimum Gasteiger partial charge on any atom is -0.497 e. The number of methoxy groups -OCH3 is 6. The molecule has 0 aliphatic heterocycles. The van der Waals surface area contributed by atoms with Crippen LogP contribution in [0, 0.1) is 0 Å². The number of hydrogen-bond acceptors (Lipinski definition) is 20. The predicted molar refractivity (Wildman–Crippen MR) is 552 cm³/mol. The van der Waals surface area contributed by atoms with Crippen LogP contribution >= 0.6 is 0 Å². The van der Waals surface area contributed by atoms with Gasteiger partial charge in [-0.25, -0.2) is 0 Å². The predicted octanol–water partition coefficient (Wildman–Crippen LogP) is 27.4. The maximum atomic E-state index is 11.4. The molecule has 20 heteroatoms. The van der Waals surface area contributed by atoms with Crippen LogP contribution in [-0.4, -0.2) is 124 Å². The highest BCUT2D eigenvalue weighted by Crippen LogP contribution is 2.30. The van der Waals surface area contributed by atoms with E-state index in [1.54, 1.807) is 231 Å². The minimum absolute atomic E-state index is 0.0156. The second kappa shape index (κ2) is 61.6. The number of Topliss-reactive ketones (excluding diaryl/α,β-unsaturated/α-hetero) is 14. The van der Waals surface area contributed by atoms with Crippen molar-refractivity contribution < 1.29 is 95.5 Å². The number of ketones is 14. The summed E-state index contributed by atoms with van der Waals surface area (Å²) in [6.45, 7) is 29.4. The number of carbonyl (C=O) groups is 14. The first-order valence-corrected chi connectivity index (χ1v) is 44.2. The summed E-state index contributed by atoms with van der Waals surface area (Å²) in [6, 6.07) is 94.6. The summed E-state index contributed by atoms with van der Waals surface area (Å²) in [7, 11) is 9.71. The van der Waals surface area contributed by atoms with E-state index in [4.69, 9.17) is 28.4 Å². The van der Waals surface area contributed by atoms with Crippen molar-refractivity contribution in [2.75, 3.05) is 42.7 Å². The van der Waals surface area contributed by atoms with Gasteiger partial charge in [0.05, 0.1) is 42.7 Å². The SMILES string of the molecule is CC.CC.CC(=O)c1ccc(-c2ccc(C(C)=O)cc2)cc1.CC(=O)c1ccc(C(C)=O)cc1.CC(=O)c1ccc(C(C)=O)cc1.CC(=O)c1cccc(C(C)=O)c1.COc1ccc(-c2ccc(C(C)=O)cc2)cc1.COc1ccc(C(C)=O)cc1.COc1ccc(C(C)=O)cc1.COc1ccc2cc(C(C)=O)ccc2c1.COc1cccc(C(C)=O)c1.COc1cccc2c(C(C)=O)cccc12. The number of rotatable bonds is 22. The van der Waals surface area contributed by atoms with Gasteiger partial charge >= 0.3 is 0 Å². The van der Waals surface area contributed by atoms with Crippen LogP contribution < -0.4 is 28.4 Å². The fraction of sp³-hybridized carbons (Fsp3) is 0.203. The van der Waals surface area contributed by atoms with E-state index in [0.717, 1.165) is 95.0 Å². The van der Waals surface area contributed by atoms with Crippen LogP contribution in [-0.2, 0) is 0 Å². The van der Waals surface area contributed by atoms with Crippen molar-refractivity contribution >= 4 is 103 Å². The highest BCUT2D eigenvalue weighted by molar-refractivity contribution is 6.09. The lowest BCUT2D eigenvalue weighted by molar-refractivity contribution is 0.0999. The molecule has 14 aromatic carbocycles. The highest BCUT2D eigenvalue weighted by Gasteiger charge is 2.12. The van der Waals surface area contributed by atoms with Crippen LogP contribution in [0.25, 0.3) is 43.8 Å². The first kappa shape index (κ1) is 116. The molecule has 0 saturated carbocycles. The Bertz CT molecular complexity index is 6110. The summed E-state index contributed by atoms with van der Waals surface area (Å²) in [5.41, 5.74) is 13.8. The maximum absolute atomic E-state index is 11.4. The van der Waals surface area contributed by atoms with Crippen LogP contribution in [0.3, 0.4) is 0 Å². The average Bonchev–Trinajstić information content (AvgIpc) is 0.803. The molecule has 0 aliphatic rings. The van der Waals surface area contributed by atoms with Gasteiger partial charge in [0, 0.05) is 83.3 Å². The molecule has 14 rings (SSSR count). The van der Waals surface area contributed by atoms with Gasteiger partial charge in [0.2, 0.25) is 0 Å². The molecule has 0 unspecified atom stereocenters. The molecule has 0 N–H and O–H groups in total. The van der Waals surface area contributed by atoms with E-state index in [1.165, 1.54) is 48.5 Å². The van der Waals surface area contributed by atoms with Gasteiger partial charge in [-0.15, -0.1) is 0 Å². The molecule has 0 atom stereocenters. The zero-order chi connectivity index (χ0) is 103. The lowest BCUT2D eigenvalue weighted by atomic mass is 10.0. The van der Waals surface area contributed by atoms with E-state index < -0.39 is 0 Å². The van der Waals surface area contributed by atoms with Gasteiger partial charge in [0.1, 0.15) is 34.5 Å². The van der Waals surface area contributed by atoms with Gasteiger partial charge in [-0.05, 0) is 238 Å². The standard InChI is InChI=1S/C16H14O2.C15H14O2.2C13H12O2.3C10H10O2.3C9H10O2.2C2H6/c1-11(17)13-3-7-15(8-4-13)16-9-5-14(6-10-16)12(2)18;1-11(16)12-3-5-13(6-4-12)14-7-9-15(17-2)10-8-14;1-9(14)10-5-3-7-12-11(10)6-4-8-13(12)15-2;1-9(14)10-3-4-12-8-13(15-2)6-5-11(12)7-10;2*1-7(11)9-3-5-10(6-4-9)8(2)12;1-7(11)9-4-3-5-10(6-9)8(2)12;2*1-7(10)8-3-5-9(11-2)6-4-8;1-7(10)8-4-3-5-9(6-8)11-2;2*1-2/h3-10H,1-2H3;3-10H,1-2H3;2*3-8H,1-2H3;3*3-6H,1-2H3;3*3-6H,1-2H3;2*1-2H3. The first-order valence-electron chi connectivity index (χ1n) is 44.2. The third-order valence-corrected chi connectivity index (χ3v) is 20.1. The van der Waals surface area contributed by atoms with E-state index in [2.05, 4.69) is 0 Å². The van der Waals surface area contributed by atoms with Gasteiger partial charge < -0.3 is 28.4 Å². The molecular weight excluding hydrogens is 1740 g/mol. The molecule has 20 nitrogen and oxygen atoms in total. The molecule has 0 fully saturated rings. The molecule has 0 heterocycles. The van der Waals surface area contributed by atoms with Crippen molar-refractivity contribution in [1.82, 2.24) is 0 Å². The van der Waals surface area contributed by atoms with Crippen molar-refractivity contribution in [1.29, 1.82) is 0 Å². The third-order valence-electron chi connectivity index (χ3n) is 20.1. The van der Waals surface area contributed by atoms with Gasteiger partial charge in [0.25, 0.3) is 0 Å². The molecule has 0 amide bonds. The molecule has 716 valence electrons. The Morgan fingerprint density at radius 1 is 0.159 bits per heavy atom. The monoisotopic (exact) mass is 1860 g/mol. The summed E-state index contributed by atoms with van der Waals surface area (Å²) in [5, 5.41) is 4.07.